The number of nitrogens with one attached hydrogen (secondary N) is 1. The van der Waals surface area contributed by atoms with E-state index in [0.29, 0.717) is 15.5 Å². The Morgan fingerprint density at radius 3 is 2.87 bits per heavy atom. The number of hydrogen-bond acceptors (Lipinski definition) is 5. The molecule has 0 saturated carbocycles. The zero-order chi connectivity index (χ0) is 10.8. The average Bonchev–Trinajstić information content (AvgIpc) is 2.56. The van der Waals surface area contributed by atoms with Crippen LogP contribution in [0.1, 0.15) is 5.01 Å². The third-order valence-electron chi connectivity index (χ3n) is 1.64. The zero-order valence-corrected chi connectivity index (χ0v) is 9.71. The SMILES string of the molecule is O=c1ccn(Cc2nnc(Br)s2)c(=O)[nH]1. The lowest BCUT2D eigenvalue weighted by Gasteiger charge is -1.99. The molecule has 1 N–H and O–H groups in total. The van der Waals surface area contributed by atoms with Crippen LogP contribution in [0, 0.1) is 0 Å². The van der Waals surface area contributed by atoms with E-state index in [0.717, 1.165) is 0 Å². The van der Waals surface area contributed by atoms with Crippen LogP contribution in [0.4, 0.5) is 0 Å². The molecule has 15 heavy (non-hydrogen) atoms. The Morgan fingerprint density at radius 1 is 1.47 bits per heavy atom. The van der Waals surface area contributed by atoms with Gasteiger partial charge in [0.05, 0.1) is 6.54 Å². The lowest BCUT2D eigenvalue weighted by molar-refractivity contribution is 0.709. The average molecular weight is 289 g/mol. The molecule has 0 amide bonds. The van der Waals surface area contributed by atoms with E-state index in [1.54, 1.807) is 0 Å². The van der Waals surface area contributed by atoms with Crippen molar-refractivity contribution in [2.45, 2.75) is 6.54 Å². The fraction of sp³-hybridized carbons (Fsp3) is 0.143. The maximum atomic E-state index is 11.3. The summed E-state index contributed by atoms with van der Waals surface area (Å²) in [5.74, 6) is 0. The topological polar surface area (TPSA) is 80.6 Å². The molecule has 0 unspecified atom stereocenters. The number of nitrogens with zero attached hydrogens (tertiary/aromatic N) is 3. The summed E-state index contributed by atoms with van der Waals surface area (Å²) in [6, 6.07) is 1.29. The second-order valence-electron chi connectivity index (χ2n) is 2.69. The van der Waals surface area contributed by atoms with E-state index in [-0.39, 0.29) is 0 Å². The van der Waals surface area contributed by atoms with Crippen LogP contribution in [0.15, 0.2) is 25.8 Å². The third-order valence-corrected chi connectivity index (χ3v) is 2.99. The summed E-state index contributed by atoms with van der Waals surface area (Å²) >= 11 is 4.51. The van der Waals surface area contributed by atoms with Gasteiger partial charge in [-0.1, -0.05) is 11.3 Å². The van der Waals surface area contributed by atoms with Gasteiger partial charge in [0.15, 0.2) is 3.92 Å². The van der Waals surface area contributed by atoms with Crippen molar-refractivity contribution in [3.8, 4) is 0 Å². The molecule has 0 bridgehead atoms. The fourth-order valence-corrected chi connectivity index (χ4v) is 2.21. The molecule has 0 fully saturated rings. The second kappa shape index (κ2) is 4.07. The first-order valence-electron chi connectivity index (χ1n) is 3.93. The molecule has 0 aromatic carbocycles. The molecule has 0 atom stereocenters. The summed E-state index contributed by atoms with van der Waals surface area (Å²) < 4.78 is 2.02. The van der Waals surface area contributed by atoms with Crippen LogP contribution in [-0.4, -0.2) is 19.7 Å². The first-order valence-corrected chi connectivity index (χ1v) is 5.54. The molecule has 0 saturated heterocycles. The van der Waals surface area contributed by atoms with Gasteiger partial charge in [0, 0.05) is 12.3 Å². The van der Waals surface area contributed by atoms with Gasteiger partial charge in [-0.2, -0.15) is 0 Å². The van der Waals surface area contributed by atoms with Gasteiger partial charge >= 0.3 is 5.69 Å². The van der Waals surface area contributed by atoms with Crippen LogP contribution >= 0.6 is 27.3 Å². The van der Waals surface area contributed by atoms with Crippen molar-refractivity contribution in [3.05, 3.63) is 42.0 Å². The Labute approximate surface area is 95.7 Å². The van der Waals surface area contributed by atoms with Gasteiger partial charge in [-0.25, -0.2) is 4.79 Å². The minimum absolute atomic E-state index is 0.304. The number of hydrogen-bond donors (Lipinski definition) is 1. The smallest absolute Gasteiger partial charge is 0.294 e. The van der Waals surface area contributed by atoms with Gasteiger partial charge in [0.25, 0.3) is 5.56 Å². The van der Waals surface area contributed by atoms with Crippen molar-refractivity contribution in [2.24, 2.45) is 0 Å². The van der Waals surface area contributed by atoms with E-state index in [1.807, 2.05) is 0 Å². The minimum Gasteiger partial charge on any atom is -0.294 e. The standard InChI is InChI=1S/C7H5BrN4O2S/c8-6-11-10-5(15-6)3-12-2-1-4(13)9-7(12)14/h1-2H,3H2,(H,9,13,14). The van der Waals surface area contributed by atoms with Crippen molar-refractivity contribution in [3.63, 3.8) is 0 Å². The van der Waals surface area contributed by atoms with Crippen molar-refractivity contribution < 1.29 is 0 Å². The normalized spacial score (nSPS) is 10.5. The molecule has 8 heteroatoms. The molecule has 0 aliphatic carbocycles. The number of aromatic amines is 1. The number of halogens is 1. The van der Waals surface area contributed by atoms with Crippen LogP contribution < -0.4 is 11.2 Å². The summed E-state index contributed by atoms with van der Waals surface area (Å²) in [6.07, 6.45) is 1.43. The molecule has 0 spiro atoms. The maximum absolute atomic E-state index is 11.3. The summed E-state index contributed by atoms with van der Waals surface area (Å²) in [7, 11) is 0. The molecular weight excluding hydrogens is 284 g/mol. The molecule has 0 aliphatic rings. The van der Waals surface area contributed by atoms with E-state index in [9.17, 15) is 9.59 Å². The summed E-state index contributed by atoms with van der Waals surface area (Å²) in [6.45, 7) is 0.304. The highest BCUT2D eigenvalue weighted by Gasteiger charge is 2.03. The van der Waals surface area contributed by atoms with E-state index in [2.05, 4.69) is 31.1 Å². The molecule has 0 radical (unpaired) electrons. The van der Waals surface area contributed by atoms with Crippen molar-refractivity contribution in [1.29, 1.82) is 0 Å². The van der Waals surface area contributed by atoms with Gasteiger partial charge in [-0.3, -0.25) is 14.3 Å². The highest BCUT2D eigenvalue weighted by molar-refractivity contribution is 9.11. The quantitative estimate of drug-likeness (QED) is 0.856. The summed E-state index contributed by atoms with van der Waals surface area (Å²) in [4.78, 5) is 24.3. The van der Waals surface area contributed by atoms with Crippen LogP contribution in [-0.2, 0) is 6.54 Å². The highest BCUT2D eigenvalue weighted by atomic mass is 79.9. The molecule has 2 rings (SSSR count). The van der Waals surface area contributed by atoms with Crippen LogP contribution in [0.25, 0.3) is 0 Å². The fourth-order valence-electron chi connectivity index (χ4n) is 1.01. The largest absolute Gasteiger partial charge is 0.328 e. The molecule has 2 aromatic heterocycles. The number of H-pyrrole nitrogens is 1. The summed E-state index contributed by atoms with van der Waals surface area (Å²) in [5.41, 5.74) is -0.858. The third kappa shape index (κ3) is 2.39. The molecule has 2 aromatic rings. The van der Waals surface area contributed by atoms with Crippen molar-refractivity contribution in [1.82, 2.24) is 19.7 Å². The van der Waals surface area contributed by atoms with Crippen molar-refractivity contribution in [2.75, 3.05) is 0 Å². The van der Waals surface area contributed by atoms with E-state index in [1.165, 1.54) is 28.2 Å². The first kappa shape index (κ1) is 10.2. The van der Waals surface area contributed by atoms with E-state index in [4.69, 9.17) is 0 Å². The Balaban J connectivity index is 2.32. The van der Waals surface area contributed by atoms with Gasteiger partial charge in [0.2, 0.25) is 0 Å². The van der Waals surface area contributed by atoms with Gasteiger partial charge in [-0.15, -0.1) is 10.2 Å². The van der Waals surface area contributed by atoms with E-state index >= 15 is 0 Å². The van der Waals surface area contributed by atoms with E-state index < -0.39 is 11.2 Å². The predicted octanol–water partition coefficient (Wildman–Crippen LogP) is 0.199. The lowest BCUT2D eigenvalue weighted by Crippen LogP contribution is -2.28. The first-order chi connectivity index (χ1) is 7.15. The minimum atomic E-state index is -0.450. The molecule has 0 aliphatic heterocycles. The van der Waals surface area contributed by atoms with Crippen LogP contribution in [0.3, 0.4) is 0 Å². The highest BCUT2D eigenvalue weighted by Crippen LogP contribution is 2.15. The number of rotatable bonds is 2. The van der Waals surface area contributed by atoms with Gasteiger partial charge in [0.1, 0.15) is 5.01 Å². The Bertz CT molecular complexity index is 587. The van der Waals surface area contributed by atoms with Crippen LogP contribution in [0.5, 0.6) is 0 Å². The molecular formula is C7H5BrN4O2S. The predicted molar refractivity (Wildman–Crippen MR) is 58.0 cm³/mol. The molecule has 78 valence electrons. The second-order valence-corrected chi connectivity index (χ2v) is 5.02. The number of aromatic nitrogens is 4. The molecule has 2 heterocycles. The maximum Gasteiger partial charge on any atom is 0.328 e. The van der Waals surface area contributed by atoms with Gasteiger partial charge in [-0.05, 0) is 15.9 Å². The Hall–Kier alpha value is -1.28. The Kier molecular flexibility index (Phi) is 2.78. The zero-order valence-electron chi connectivity index (χ0n) is 7.31. The monoisotopic (exact) mass is 288 g/mol. The lowest BCUT2D eigenvalue weighted by atomic mass is 10.6. The van der Waals surface area contributed by atoms with Crippen LogP contribution in [0.2, 0.25) is 0 Å². The molecule has 6 nitrogen and oxygen atoms in total. The van der Waals surface area contributed by atoms with Gasteiger partial charge < -0.3 is 0 Å². The Morgan fingerprint density at radius 2 is 2.27 bits per heavy atom. The summed E-state index contributed by atoms with van der Waals surface area (Å²) in [5, 5.41) is 8.29. The van der Waals surface area contributed by atoms with Crippen molar-refractivity contribution >= 4 is 27.3 Å².